The molecule has 0 spiro atoms. The molecule has 24 heavy (non-hydrogen) atoms. The molecule has 0 N–H and O–H groups in total. The number of nitrogens with zero attached hydrogens (tertiary/aromatic N) is 6. The predicted octanol–water partition coefficient (Wildman–Crippen LogP) is 2.38. The minimum Gasteiger partial charge on any atom is -0.357 e. The zero-order valence-electron chi connectivity index (χ0n) is 14.4. The second-order valence-electron chi connectivity index (χ2n) is 6.37. The average Bonchev–Trinajstić information content (AvgIpc) is 2.58. The van der Waals surface area contributed by atoms with E-state index >= 15 is 0 Å². The summed E-state index contributed by atoms with van der Waals surface area (Å²) in [6, 6.07) is 1.96. The maximum absolute atomic E-state index is 14.1. The number of aromatic nitrogens is 4. The van der Waals surface area contributed by atoms with E-state index in [0.29, 0.717) is 17.4 Å². The normalized spacial score (nSPS) is 15.6. The van der Waals surface area contributed by atoms with Crippen molar-refractivity contribution in [3.05, 3.63) is 35.9 Å². The van der Waals surface area contributed by atoms with Crippen LogP contribution in [-0.4, -0.2) is 46.6 Å². The second-order valence-corrected chi connectivity index (χ2v) is 6.37. The number of hydrogen-bond donors (Lipinski definition) is 0. The third-order valence-corrected chi connectivity index (χ3v) is 4.54. The van der Waals surface area contributed by atoms with Crippen LogP contribution in [0.2, 0.25) is 0 Å². The van der Waals surface area contributed by atoms with Crippen molar-refractivity contribution in [1.29, 1.82) is 0 Å². The van der Waals surface area contributed by atoms with Crippen LogP contribution in [0.3, 0.4) is 0 Å². The molecule has 128 valence electrons. The van der Waals surface area contributed by atoms with Crippen molar-refractivity contribution in [3.8, 4) is 0 Å². The third-order valence-electron chi connectivity index (χ3n) is 4.54. The van der Waals surface area contributed by atoms with E-state index in [-0.39, 0.29) is 5.82 Å². The van der Waals surface area contributed by atoms with Gasteiger partial charge in [-0.05, 0) is 38.7 Å². The maximum Gasteiger partial charge on any atom is 0.186 e. The zero-order chi connectivity index (χ0) is 17.1. The van der Waals surface area contributed by atoms with E-state index in [1.165, 1.54) is 6.33 Å². The van der Waals surface area contributed by atoms with E-state index < -0.39 is 0 Å². The molecule has 3 rings (SSSR count). The highest BCUT2D eigenvalue weighted by atomic mass is 19.1. The van der Waals surface area contributed by atoms with Crippen LogP contribution >= 0.6 is 0 Å². The summed E-state index contributed by atoms with van der Waals surface area (Å²) in [7, 11) is 1.89. The molecule has 0 aliphatic carbocycles. The summed E-state index contributed by atoms with van der Waals surface area (Å²) in [5.74, 6) is 2.37. The Bertz CT molecular complexity index is 699. The number of aryl methyl sites for hydroxylation is 2. The molecular weight excluding hydrogens is 307 g/mol. The fourth-order valence-electron chi connectivity index (χ4n) is 3.15. The van der Waals surface area contributed by atoms with Gasteiger partial charge in [-0.1, -0.05) is 0 Å². The first kappa shape index (κ1) is 16.5. The van der Waals surface area contributed by atoms with Gasteiger partial charge in [0.25, 0.3) is 0 Å². The van der Waals surface area contributed by atoms with Crippen LogP contribution in [0.1, 0.15) is 24.4 Å². The molecule has 7 heteroatoms. The maximum atomic E-state index is 14.1. The summed E-state index contributed by atoms with van der Waals surface area (Å²) in [5.41, 5.74) is 0.390. The van der Waals surface area contributed by atoms with Crippen molar-refractivity contribution >= 4 is 11.6 Å². The molecular formula is C17H23FN6. The molecule has 3 heterocycles. The predicted molar refractivity (Wildman–Crippen MR) is 91.7 cm³/mol. The van der Waals surface area contributed by atoms with E-state index in [4.69, 9.17) is 0 Å². The van der Waals surface area contributed by atoms with Crippen LogP contribution in [0.4, 0.5) is 16.0 Å². The van der Waals surface area contributed by atoms with Crippen LogP contribution in [0, 0.1) is 25.6 Å². The van der Waals surface area contributed by atoms with E-state index in [2.05, 4.69) is 24.8 Å². The Kier molecular flexibility index (Phi) is 4.87. The van der Waals surface area contributed by atoms with Crippen LogP contribution < -0.4 is 9.80 Å². The highest BCUT2D eigenvalue weighted by Gasteiger charge is 2.23. The Morgan fingerprint density at radius 1 is 1.21 bits per heavy atom. The lowest BCUT2D eigenvalue weighted by atomic mass is 9.96. The third kappa shape index (κ3) is 3.60. The summed E-state index contributed by atoms with van der Waals surface area (Å²) >= 11 is 0. The first-order chi connectivity index (χ1) is 11.5. The number of rotatable bonds is 4. The molecule has 1 saturated heterocycles. The molecule has 1 aliphatic heterocycles. The molecule has 0 bridgehead atoms. The molecule has 0 unspecified atom stereocenters. The van der Waals surface area contributed by atoms with Crippen molar-refractivity contribution in [2.75, 3.05) is 36.5 Å². The molecule has 1 fully saturated rings. The number of anilines is 2. The van der Waals surface area contributed by atoms with Crippen molar-refractivity contribution in [1.82, 2.24) is 19.9 Å². The summed E-state index contributed by atoms with van der Waals surface area (Å²) in [6.07, 6.45) is 5.33. The SMILES string of the molecule is Cc1nccc(N2CCC(CN(C)c3ncnc(C)c3F)CC2)n1. The Labute approximate surface area is 141 Å². The highest BCUT2D eigenvalue weighted by Crippen LogP contribution is 2.24. The van der Waals surface area contributed by atoms with Crippen LogP contribution in [0.5, 0.6) is 0 Å². The Balaban J connectivity index is 1.58. The molecule has 2 aromatic heterocycles. The van der Waals surface area contributed by atoms with Gasteiger partial charge >= 0.3 is 0 Å². The Morgan fingerprint density at radius 3 is 2.67 bits per heavy atom. The van der Waals surface area contributed by atoms with Gasteiger partial charge in [0.15, 0.2) is 11.6 Å². The minimum absolute atomic E-state index is 0.325. The number of piperidine rings is 1. The molecule has 0 amide bonds. The topological polar surface area (TPSA) is 58.0 Å². The van der Waals surface area contributed by atoms with Crippen molar-refractivity contribution in [2.45, 2.75) is 26.7 Å². The van der Waals surface area contributed by atoms with Gasteiger partial charge < -0.3 is 9.80 Å². The van der Waals surface area contributed by atoms with Gasteiger partial charge in [-0.25, -0.2) is 24.3 Å². The number of halogens is 1. The summed E-state index contributed by atoms with van der Waals surface area (Å²) in [4.78, 5) is 20.8. The quantitative estimate of drug-likeness (QED) is 0.858. The molecule has 6 nitrogen and oxygen atoms in total. The largest absolute Gasteiger partial charge is 0.357 e. The monoisotopic (exact) mass is 330 g/mol. The smallest absolute Gasteiger partial charge is 0.186 e. The lowest BCUT2D eigenvalue weighted by Crippen LogP contribution is -2.38. The summed E-state index contributed by atoms with van der Waals surface area (Å²) < 4.78 is 14.1. The van der Waals surface area contributed by atoms with Crippen LogP contribution in [0.15, 0.2) is 18.6 Å². The van der Waals surface area contributed by atoms with Gasteiger partial charge in [-0.3, -0.25) is 0 Å². The van der Waals surface area contributed by atoms with Crippen LogP contribution in [-0.2, 0) is 0 Å². The summed E-state index contributed by atoms with van der Waals surface area (Å²) in [5, 5.41) is 0. The number of hydrogen-bond acceptors (Lipinski definition) is 6. The second kappa shape index (κ2) is 7.07. The Hall–Kier alpha value is -2.31. The zero-order valence-corrected chi connectivity index (χ0v) is 14.4. The molecule has 1 aliphatic rings. The minimum atomic E-state index is -0.325. The molecule has 0 atom stereocenters. The van der Waals surface area contributed by atoms with E-state index in [9.17, 15) is 4.39 Å². The lowest BCUT2D eigenvalue weighted by Gasteiger charge is -2.34. The molecule has 0 saturated carbocycles. The fourth-order valence-corrected chi connectivity index (χ4v) is 3.15. The molecule has 2 aromatic rings. The first-order valence-electron chi connectivity index (χ1n) is 8.27. The van der Waals surface area contributed by atoms with Crippen molar-refractivity contribution in [2.24, 2.45) is 5.92 Å². The van der Waals surface area contributed by atoms with E-state index in [0.717, 1.165) is 44.1 Å². The summed E-state index contributed by atoms with van der Waals surface area (Å²) in [6.45, 7) is 6.28. The van der Waals surface area contributed by atoms with Gasteiger partial charge in [0.05, 0.1) is 5.69 Å². The van der Waals surface area contributed by atoms with E-state index in [1.54, 1.807) is 13.1 Å². The fraction of sp³-hybridized carbons (Fsp3) is 0.529. The van der Waals surface area contributed by atoms with E-state index in [1.807, 2.05) is 24.9 Å². The highest BCUT2D eigenvalue weighted by molar-refractivity contribution is 5.40. The van der Waals surface area contributed by atoms with Gasteiger partial charge in [-0.2, -0.15) is 0 Å². The van der Waals surface area contributed by atoms with Gasteiger partial charge in [0.2, 0.25) is 0 Å². The lowest BCUT2D eigenvalue weighted by molar-refractivity contribution is 0.405. The van der Waals surface area contributed by atoms with Gasteiger partial charge in [0.1, 0.15) is 18.0 Å². The Morgan fingerprint density at radius 2 is 1.96 bits per heavy atom. The standard InChI is InChI=1S/C17H23FN6/c1-12-16(18)17(21-11-20-12)23(3)10-14-5-8-24(9-6-14)15-4-7-19-13(2)22-15/h4,7,11,14H,5-6,8-10H2,1-3H3. The van der Waals surface area contributed by atoms with Crippen molar-refractivity contribution < 1.29 is 4.39 Å². The first-order valence-corrected chi connectivity index (χ1v) is 8.27. The van der Waals surface area contributed by atoms with Gasteiger partial charge in [-0.15, -0.1) is 0 Å². The molecule has 0 radical (unpaired) electrons. The molecule has 0 aromatic carbocycles. The van der Waals surface area contributed by atoms with Gasteiger partial charge in [0, 0.05) is 32.9 Å². The van der Waals surface area contributed by atoms with Crippen molar-refractivity contribution in [3.63, 3.8) is 0 Å². The average molecular weight is 330 g/mol. The van der Waals surface area contributed by atoms with Crippen LogP contribution in [0.25, 0.3) is 0 Å².